The maximum Gasteiger partial charge on any atom is 0.255 e. The molecule has 1 amide bonds. The Kier molecular flexibility index (Phi) is 4.89. The van der Waals surface area contributed by atoms with Crippen LogP contribution in [0, 0.1) is 0 Å². The van der Waals surface area contributed by atoms with Crippen molar-refractivity contribution < 1.29 is 9.53 Å². The van der Waals surface area contributed by atoms with Gasteiger partial charge in [0.05, 0.1) is 16.1 Å². The number of hydrogen-bond donors (Lipinski definition) is 0. The molecule has 0 spiro atoms. The summed E-state index contributed by atoms with van der Waals surface area (Å²) in [4.78, 5) is 21.9. The van der Waals surface area contributed by atoms with Gasteiger partial charge in [-0.1, -0.05) is 48.0 Å². The second-order valence-corrected chi connectivity index (χ2v) is 7.67. The Hall–Kier alpha value is -3.31. The monoisotopic (exact) mass is 417 g/mol. The first-order valence-corrected chi connectivity index (χ1v) is 10.3. The van der Waals surface area contributed by atoms with E-state index in [4.69, 9.17) is 21.3 Å². The van der Waals surface area contributed by atoms with E-state index in [0.29, 0.717) is 36.8 Å². The number of halogens is 1. The van der Waals surface area contributed by atoms with Crippen molar-refractivity contribution in [2.45, 2.75) is 0 Å². The average Bonchev–Trinajstić information content (AvgIpc) is 2.96. The summed E-state index contributed by atoms with van der Waals surface area (Å²) < 4.78 is 6.13. The van der Waals surface area contributed by atoms with Crippen LogP contribution in [0.15, 0.2) is 77.8 Å². The third-order valence-electron chi connectivity index (χ3n) is 5.41. The van der Waals surface area contributed by atoms with Crippen LogP contribution >= 0.6 is 11.6 Å². The van der Waals surface area contributed by atoms with Crippen LogP contribution in [0.2, 0.25) is 5.02 Å². The van der Waals surface area contributed by atoms with E-state index in [1.165, 1.54) is 0 Å². The van der Waals surface area contributed by atoms with E-state index in [1.807, 2.05) is 65.6 Å². The van der Waals surface area contributed by atoms with E-state index in [2.05, 4.69) is 4.90 Å². The van der Waals surface area contributed by atoms with Crippen LogP contribution in [0.3, 0.4) is 0 Å². The number of carbonyl (C=O) groups is 1. The van der Waals surface area contributed by atoms with Crippen molar-refractivity contribution in [2.75, 3.05) is 26.2 Å². The fourth-order valence-electron chi connectivity index (χ4n) is 3.84. The van der Waals surface area contributed by atoms with Crippen LogP contribution in [0.4, 0.5) is 5.69 Å². The number of nitrogens with zero attached hydrogens (tertiary/aromatic N) is 3. The van der Waals surface area contributed by atoms with Gasteiger partial charge in [-0.3, -0.25) is 4.79 Å². The number of fused-ring (bicyclic) bond motifs is 2. The summed E-state index contributed by atoms with van der Waals surface area (Å²) in [6, 6.07) is 22.9. The summed E-state index contributed by atoms with van der Waals surface area (Å²) in [7, 11) is 0. The third-order valence-corrected chi connectivity index (χ3v) is 5.74. The normalized spacial score (nSPS) is 15.4. The Balaban J connectivity index is 1.41. The number of ether oxygens (including phenoxy) is 1. The summed E-state index contributed by atoms with van der Waals surface area (Å²) in [6.45, 7) is 2.58. The summed E-state index contributed by atoms with van der Waals surface area (Å²) in [5, 5.41) is 0.487. The van der Waals surface area contributed by atoms with E-state index in [0.717, 1.165) is 28.6 Å². The number of amides is 1. The summed E-state index contributed by atoms with van der Waals surface area (Å²) in [5.41, 5.74) is 2.31. The molecule has 1 saturated heterocycles. The second kappa shape index (κ2) is 7.84. The number of benzene rings is 3. The molecular formula is C24H20ClN3O2. The predicted octanol–water partition coefficient (Wildman–Crippen LogP) is 4.98. The molecule has 0 atom stereocenters. The Labute approximate surface area is 180 Å². The quantitative estimate of drug-likeness (QED) is 0.560. The Bertz CT molecular complexity index is 1140. The summed E-state index contributed by atoms with van der Waals surface area (Å²) in [6.07, 6.45) is 0. The minimum Gasteiger partial charge on any atom is -0.454 e. The number of para-hydroxylation sites is 3. The number of rotatable bonds is 1. The van der Waals surface area contributed by atoms with Gasteiger partial charge in [-0.15, -0.1) is 0 Å². The van der Waals surface area contributed by atoms with Gasteiger partial charge in [0, 0.05) is 26.2 Å². The number of piperazine rings is 1. The van der Waals surface area contributed by atoms with Crippen molar-refractivity contribution in [1.29, 1.82) is 0 Å². The fraction of sp³-hybridized carbons (Fsp3) is 0.167. The topological polar surface area (TPSA) is 45.1 Å². The molecular weight excluding hydrogens is 398 g/mol. The summed E-state index contributed by atoms with van der Waals surface area (Å²) in [5.74, 6) is 2.38. The molecule has 5 nitrogen and oxygen atoms in total. The highest BCUT2D eigenvalue weighted by Crippen LogP contribution is 2.37. The second-order valence-electron chi connectivity index (χ2n) is 7.26. The molecule has 0 saturated carbocycles. The zero-order chi connectivity index (χ0) is 20.5. The molecule has 150 valence electrons. The highest BCUT2D eigenvalue weighted by Gasteiger charge is 2.28. The Morgan fingerprint density at radius 1 is 0.833 bits per heavy atom. The van der Waals surface area contributed by atoms with Crippen molar-refractivity contribution in [3.8, 4) is 11.5 Å². The summed E-state index contributed by atoms with van der Waals surface area (Å²) >= 11 is 6.22. The van der Waals surface area contributed by atoms with Gasteiger partial charge < -0.3 is 14.5 Å². The zero-order valence-corrected chi connectivity index (χ0v) is 17.0. The predicted molar refractivity (Wildman–Crippen MR) is 118 cm³/mol. The molecule has 0 N–H and O–H groups in total. The maximum atomic E-state index is 12.9. The molecule has 3 aromatic carbocycles. The number of carbonyl (C=O) groups excluding carboxylic acids is 1. The van der Waals surface area contributed by atoms with Gasteiger partial charge in [-0.25, -0.2) is 4.99 Å². The molecule has 2 heterocycles. The highest BCUT2D eigenvalue weighted by atomic mass is 35.5. The molecule has 0 radical (unpaired) electrons. The molecule has 0 bridgehead atoms. The number of hydrogen-bond acceptors (Lipinski definition) is 4. The van der Waals surface area contributed by atoms with Gasteiger partial charge in [0.1, 0.15) is 17.3 Å². The smallest absolute Gasteiger partial charge is 0.255 e. The van der Waals surface area contributed by atoms with Crippen molar-refractivity contribution in [3.63, 3.8) is 0 Å². The largest absolute Gasteiger partial charge is 0.454 e. The van der Waals surface area contributed by atoms with Crippen molar-refractivity contribution >= 4 is 29.0 Å². The first-order valence-electron chi connectivity index (χ1n) is 9.94. The van der Waals surface area contributed by atoms with Crippen molar-refractivity contribution in [2.24, 2.45) is 4.99 Å². The standard InChI is InChI=1S/C24H20ClN3O2/c25-19-9-3-1-7-17(19)24(29)28-15-13-27(14-16-28)23-18-8-2-5-11-21(18)30-22-12-6-4-10-20(22)26-23/h1-12H,13-16H2. The van der Waals surface area contributed by atoms with Crippen LogP contribution in [-0.4, -0.2) is 47.7 Å². The Morgan fingerprint density at radius 2 is 1.50 bits per heavy atom. The molecule has 30 heavy (non-hydrogen) atoms. The first-order chi connectivity index (χ1) is 14.7. The lowest BCUT2D eigenvalue weighted by molar-refractivity contribution is 0.0692. The molecule has 2 aliphatic heterocycles. The van der Waals surface area contributed by atoms with Gasteiger partial charge >= 0.3 is 0 Å². The van der Waals surface area contributed by atoms with E-state index in [1.54, 1.807) is 12.1 Å². The molecule has 0 aromatic heterocycles. The molecule has 6 heteroatoms. The molecule has 5 rings (SSSR count). The van der Waals surface area contributed by atoms with Gasteiger partial charge in [0.25, 0.3) is 5.91 Å². The maximum absolute atomic E-state index is 12.9. The fourth-order valence-corrected chi connectivity index (χ4v) is 4.05. The zero-order valence-electron chi connectivity index (χ0n) is 16.3. The molecule has 1 fully saturated rings. The van der Waals surface area contributed by atoms with Crippen LogP contribution < -0.4 is 4.74 Å². The third kappa shape index (κ3) is 3.42. The number of aliphatic imine (C=N–C) groups is 1. The first kappa shape index (κ1) is 18.7. The van der Waals surface area contributed by atoms with Gasteiger partial charge in [-0.05, 0) is 36.4 Å². The van der Waals surface area contributed by atoms with Crippen LogP contribution in [0.1, 0.15) is 15.9 Å². The van der Waals surface area contributed by atoms with E-state index in [-0.39, 0.29) is 5.91 Å². The van der Waals surface area contributed by atoms with Crippen LogP contribution in [0.5, 0.6) is 11.5 Å². The lowest BCUT2D eigenvalue weighted by Crippen LogP contribution is -2.50. The molecule has 2 aliphatic rings. The van der Waals surface area contributed by atoms with Crippen LogP contribution in [0.25, 0.3) is 0 Å². The van der Waals surface area contributed by atoms with Gasteiger partial charge in [-0.2, -0.15) is 0 Å². The van der Waals surface area contributed by atoms with Crippen LogP contribution in [-0.2, 0) is 0 Å². The van der Waals surface area contributed by atoms with Crippen molar-refractivity contribution in [3.05, 3.63) is 88.9 Å². The molecule has 0 aliphatic carbocycles. The molecule has 0 unspecified atom stereocenters. The van der Waals surface area contributed by atoms with E-state index < -0.39 is 0 Å². The highest BCUT2D eigenvalue weighted by molar-refractivity contribution is 6.33. The van der Waals surface area contributed by atoms with Gasteiger partial charge in [0.15, 0.2) is 5.75 Å². The molecule has 3 aromatic rings. The SMILES string of the molecule is O=C(c1ccccc1Cl)N1CCN(C2=Nc3ccccc3Oc3ccccc32)CC1. The lowest BCUT2D eigenvalue weighted by atomic mass is 10.1. The lowest BCUT2D eigenvalue weighted by Gasteiger charge is -2.36. The minimum atomic E-state index is -0.0304. The van der Waals surface area contributed by atoms with Crippen molar-refractivity contribution in [1.82, 2.24) is 9.80 Å². The number of amidine groups is 1. The Morgan fingerprint density at radius 3 is 2.30 bits per heavy atom. The van der Waals surface area contributed by atoms with E-state index >= 15 is 0 Å². The van der Waals surface area contributed by atoms with E-state index in [9.17, 15) is 4.79 Å². The van der Waals surface area contributed by atoms with Gasteiger partial charge in [0.2, 0.25) is 0 Å². The minimum absolute atomic E-state index is 0.0304. The average molecular weight is 418 g/mol.